The molecule has 10 N–H and O–H groups in total. The van der Waals surface area contributed by atoms with Gasteiger partial charge in [0, 0.05) is 37.8 Å². The van der Waals surface area contributed by atoms with Gasteiger partial charge < -0.3 is 42.8 Å². The third-order valence-electron chi connectivity index (χ3n) is 6.63. The van der Waals surface area contributed by atoms with Gasteiger partial charge in [-0.1, -0.05) is 30.3 Å². The molecule has 2 heterocycles. The lowest BCUT2D eigenvalue weighted by atomic mass is 10.0. The molecule has 216 valence electrons. The molecule has 0 aliphatic carbocycles. The maximum absolute atomic E-state index is 13.6. The molecular weight excluding hydrogens is 518 g/mol. The number of carbonyl (C=O) groups is 4. The number of hydrogen-bond donors (Lipinski definition) is 7. The molecule has 2 aromatic rings. The maximum atomic E-state index is 13.6. The van der Waals surface area contributed by atoms with Gasteiger partial charge in [0.2, 0.25) is 17.7 Å². The third-order valence-corrected chi connectivity index (χ3v) is 6.63. The zero-order valence-corrected chi connectivity index (χ0v) is 22.2. The van der Waals surface area contributed by atoms with E-state index in [1.54, 1.807) is 30.5 Å². The molecule has 40 heavy (non-hydrogen) atoms. The molecule has 1 aromatic carbocycles. The summed E-state index contributed by atoms with van der Waals surface area (Å²) in [7, 11) is 0. The minimum atomic E-state index is -1.18. The number of carboxylic acids is 1. The number of amides is 3. The summed E-state index contributed by atoms with van der Waals surface area (Å²) < 4.78 is 0. The number of carboxylic acid groups (broad SMARTS) is 1. The summed E-state index contributed by atoms with van der Waals surface area (Å²) in [5.41, 5.74) is 18.3. The molecule has 4 unspecified atom stereocenters. The predicted octanol–water partition coefficient (Wildman–Crippen LogP) is -1.38. The largest absolute Gasteiger partial charge is 0.480 e. The number of aromatic nitrogens is 2. The quantitative estimate of drug-likeness (QED) is 0.0825. The molecule has 1 aliphatic rings. The van der Waals surface area contributed by atoms with Crippen molar-refractivity contribution in [2.45, 2.75) is 62.7 Å². The second kappa shape index (κ2) is 14.6. The van der Waals surface area contributed by atoms with Gasteiger partial charge in [-0.25, -0.2) is 9.78 Å². The van der Waals surface area contributed by atoms with Crippen LogP contribution in [0.2, 0.25) is 0 Å². The zero-order valence-electron chi connectivity index (χ0n) is 22.2. The number of imidazole rings is 1. The molecule has 3 rings (SSSR count). The third kappa shape index (κ3) is 8.80. The molecule has 1 aliphatic heterocycles. The Bertz CT molecular complexity index is 1170. The number of aromatic amines is 1. The topological polar surface area (TPSA) is 235 Å². The normalized spacial score (nSPS) is 16.9. The fraction of sp³-hybridized carbons (Fsp3) is 0.462. The lowest BCUT2D eigenvalue weighted by Crippen LogP contribution is -2.57. The Kier molecular flexibility index (Phi) is 11.0. The smallest absolute Gasteiger partial charge is 0.326 e. The highest BCUT2D eigenvalue weighted by Crippen LogP contribution is 2.20. The lowest BCUT2D eigenvalue weighted by Gasteiger charge is -2.30. The van der Waals surface area contributed by atoms with Crippen molar-refractivity contribution in [2.24, 2.45) is 22.2 Å². The number of nitrogens with one attached hydrogen (secondary N) is 3. The number of guanidine groups is 1. The van der Waals surface area contributed by atoms with Crippen LogP contribution in [0, 0.1) is 0 Å². The molecule has 1 saturated heterocycles. The Labute approximate surface area is 231 Å². The van der Waals surface area contributed by atoms with Crippen molar-refractivity contribution in [3.63, 3.8) is 0 Å². The summed E-state index contributed by atoms with van der Waals surface area (Å²) >= 11 is 0. The van der Waals surface area contributed by atoms with Crippen LogP contribution in [0.3, 0.4) is 0 Å². The summed E-state index contributed by atoms with van der Waals surface area (Å²) in [4.78, 5) is 63.7. The van der Waals surface area contributed by atoms with Crippen LogP contribution in [-0.2, 0) is 32.0 Å². The first-order valence-corrected chi connectivity index (χ1v) is 13.1. The van der Waals surface area contributed by atoms with Gasteiger partial charge in [-0.3, -0.25) is 19.4 Å². The van der Waals surface area contributed by atoms with Gasteiger partial charge in [0.15, 0.2) is 5.96 Å². The van der Waals surface area contributed by atoms with Crippen LogP contribution >= 0.6 is 0 Å². The Morgan fingerprint density at radius 1 is 1.12 bits per heavy atom. The highest BCUT2D eigenvalue weighted by atomic mass is 16.4. The number of hydrogen-bond acceptors (Lipinski definition) is 7. The molecule has 3 amide bonds. The van der Waals surface area contributed by atoms with Crippen LogP contribution in [0.1, 0.15) is 36.9 Å². The van der Waals surface area contributed by atoms with Gasteiger partial charge in [0.05, 0.1) is 12.4 Å². The molecular formula is C26H37N9O5. The summed E-state index contributed by atoms with van der Waals surface area (Å²) in [5, 5.41) is 15.0. The number of H-pyrrole nitrogens is 1. The number of carbonyl (C=O) groups excluding carboxylic acids is 3. The number of nitrogens with zero attached hydrogens (tertiary/aromatic N) is 3. The van der Waals surface area contributed by atoms with Gasteiger partial charge in [-0.15, -0.1) is 0 Å². The number of likely N-dealkylation sites (tertiary alicyclic amines) is 1. The van der Waals surface area contributed by atoms with Crippen molar-refractivity contribution >= 4 is 29.7 Å². The van der Waals surface area contributed by atoms with Crippen molar-refractivity contribution in [1.29, 1.82) is 0 Å². The van der Waals surface area contributed by atoms with E-state index in [-0.39, 0.29) is 38.3 Å². The first-order valence-electron chi connectivity index (χ1n) is 13.1. The first-order chi connectivity index (χ1) is 19.2. The van der Waals surface area contributed by atoms with Gasteiger partial charge >= 0.3 is 5.97 Å². The van der Waals surface area contributed by atoms with E-state index in [9.17, 15) is 24.3 Å². The van der Waals surface area contributed by atoms with Crippen LogP contribution in [0.15, 0.2) is 47.8 Å². The van der Waals surface area contributed by atoms with Crippen molar-refractivity contribution in [3.8, 4) is 0 Å². The molecule has 0 radical (unpaired) electrons. The molecule has 1 aromatic heterocycles. The highest BCUT2D eigenvalue weighted by molar-refractivity contribution is 5.94. The van der Waals surface area contributed by atoms with E-state index < -0.39 is 47.9 Å². The van der Waals surface area contributed by atoms with Gasteiger partial charge in [-0.05, 0) is 31.2 Å². The van der Waals surface area contributed by atoms with Crippen LogP contribution in [0.4, 0.5) is 0 Å². The van der Waals surface area contributed by atoms with Crippen molar-refractivity contribution in [1.82, 2.24) is 25.5 Å². The highest BCUT2D eigenvalue weighted by Gasteiger charge is 2.39. The average molecular weight is 556 g/mol. The predicted molar refractivity (Wildman–Crippen MR) is 147 cm³/mol. The van der Waals surface area contributed by atoms with Gasteiger partial charge in [0.25, 0.3) is 0 Å². The van der Waals surface area contributed by atoms with Crippen molar-refractivity contribution in [2.75, 3.05) is 13.1 Å². The van der Waals surface area contributed by atoms with Crippen LogP contribution in [0.25, 0.3) is 0 Å². The summed E-state index contributed by atoms with van der Waals surface area (Å²) in [5.74, 6) is -2.82. The summed E-state index contributed by atoms with van der Waals surface area (Å²) in [6.07, 6.45) is 4.82. The maximum Gasteiger partial charge on any atom is 0.326 e. The van der Waals surface area contributed by atoms with E-state index >= 15 is 0 Å². The van der Waals surface area contributed by atoms with Crippen LogP contribution < -0.4 is 27.8 Å². The number of benzene rings is 1. The number of nitrogens with two attached hydrogens (primary N) is 3. The van der Waals surface area contributed by atoms with Crippen LogP contribution in [-0.4, -0.2) is 86.9 Å². The fourth-order valence-corrected chi connectivity index (χ4v) is 4.59. The number of aliphatic carboxylic acids is 1. The van der Waals surface area contributed by atoms with Crippen molar-refractivity contribution < 1.29 is 24.3 Å². The van der Waals surface area contributed by atoms with Crippen LogP contribution in [0.5, 0.6) is 0 Å². The average Bonchev–Trinajstić information content (AvgIpc) is 3.62. The second-order valence-corrected chi connectivity index (χ2v) is 9.68. The Morgan fingerprint density at radius 2 is 1.88 bits per heavy atom. The number of aliphatic imine (C=N–C) groups is 1. The molecule has 0 bridgehead atoms. The van der Waals surface area contributed by atoms with E-state index in [0.29, 0.717) is 25.0 Å². The SMILES string of the molecule is NC(N)=NCCCC(NC(=O)C(N)Cc1cnc[nH]1)C(=O)N1CCCC1C(=O)NC(Cc1ccccc1)C(=O)O. The lowest BCUT2D eigenvalue weighted by molar-refractivity contribution is -0.145. The van der Waals surface area contributed by atoms with Crippen molar-refractivity contribution in [3.05, 3.63) is 54.1 Å². The molecule has 0 saturated carbocycles. The standard InChI is InChI=1S/C26H37N9O5/c27-18(13-17-14-30-15-32-17)22(36)33-19(8-4-10-31-26(28)29)24(38)35-11-5-9-21(35)23(37)34-20(25(39)40)12-16-6-2-1-3-7-16/h1-3,6-7,14-15,18-21H,4-5,8-13,27H2,(H,30,32)(H,33,36)(H,34,37)(H,39,40)(H4,28,29,31). The van der Waals surface area contributed by atoms with E-state index in [0.717, 1.165) is 5.56 Å². The molecule has 14 nitrogen and oxygen atoms in total. The molecule has 1 fully saturated rings. The molecule has 0 spiro atoms. The minimum absolute atomic E-state index is 0.0896. The zero-order chi connectivity index (χ0) is 29.1. The molecule has 4 atom stereocenters. The van der Waals surface area contributed by atoms with E-state index in [4.69, 9.17) is 17.2 Å². The van der Waals surface area contributed by atoms with Gasteiger partial charge in [-0.2, -0.15) is 0 Å². The summed E-state index contributed by atoms with van der Waals surface area (Å²) in [6, 6.07) is 4.98. The first kappa shape index (κ1) is 30.1. The van der Waals surface area contributed by atoms with E-state index in [2.05, 4.69) is 25.6 Å². The van der Waals surface area contributed by atoms with E-state index in [1.165, 1.54) is 11.2 Å². The Morgan fingerprint density at radius 3 is 2.52 bits per heavy atom. The van der Waals surface area contributed by atoms with E-state index in [1.807, 2.05) is 6.07 Å². The monoisotopic (exact) mass is 555 g/mol. The minimum Gasteiger partial charge on any atom is -0.480 e. The Hall–Kier alpha value is -4.46. The summed E-state index contributed by atoms with van der Waals surface area (Å²) in [6.45, 7) is 0.527. The van der Waals surface area contributed by atoms with Gasteiger partial charge in [0.1, 0.15) is 18.1 Å². The Balaban J connectivity index is 1.69. The molecule has 14 heteroatoms. The number of rotatable bonds is 14. The fourth-order valence-electron chi connectivity index (χ4n) is 4.59. The second-order valence-electron chi connectivity index (χ2n) is 9.68.